The van der Waals surface area contributed by atoms with Crippen LogP contribution in [0.5, 0.6) is 0 Å². The Kier molecular flexibility index (Phi) is 3.39. The van der Waals surface area contributed by atoms with Crippen molar-refractivity contribution in [3.63, 3.8) is 0 Å². The normalized spacial score (nSPS) is 39.9. The third-order valence-corrected chi connectivity index (χ3v) is 4.86. The van der Waals surface area contributed by atoms with Crippen LogP contribution in [0.1, 0.15) is 52.4 Å². The largest absolute Gasteiger partial charge is 0.380 e. The summed E-state index contributed by atoms with van der Waals surface area (Å²) in [6.07, 6.45) is 6.44. The summed E-state index contributed by atoms with van der Waals surface area (Å²) in [6, 6.07) is 0. The molecule has 0 aromatic heterocycles. The second-order valence-corrected chi connectivity index (χ2v) is 5.94. The van der Waals surface area contributed by atoms with E-state index in [-0.39, 0.29) is 11.5 Å². The van der Waals surface area contributed by atoms with Gasteiger partial charge in [0.2, 0.25) is 0 Å². The molecule has 0 unspecified atom stereocenters. The fourth-order valence-electron chi connectivity index (χ4n) is 3.75. The lowest BCUT2D eigenvalue weighted by molar-refractivity contribution is -0.141. The molecule has 0 radical (unpaired) electrons. The number of ether oxygens (including phenoxy) is 1. The van der Waals surface area contributed by atoms with Gasteiger partial charge >= 0.3 is 0 Å². The van der Waals surface area contributed by atoms with Crippen molar-refractivity contribution in [3.05, 3.63) is 0 Å². The Bertz CT molecular complexity index is 272. The Morgan fingerprint density at radius 3 is 2.75 bits per heavy atom. The van der Waals surface area contributed by atoms with Gasteiger partial charge < -0.3 is 4.74 Å². The topological polar surface area (TPSA) is 26.3 Å². The van der Waals surface area contributed by atoms with Crippen LogP contribution in [0.15, 0.2) is 0 Å². The lowest BCUT2D eigenvalue weighted by Crippen LogP contribution is -2.45. The van der Waals surface area contributed by atoms with Gasteiger partial charge in [-0.25, -0.2) is 0 Å². The van der Waals surface area contributed by atoms with Crippen LogP contribution in [-0.2, 0) is 9.53 Å². The molecular formula is C14H24O2. The summed E-state index contributed by atoms with van der Waals surface area (Å²) in [7, 11) is 1.77. The van der Waals surface area contributed by atoms with E-state index in [9.17, 15) is 4.79 Å². The van der Waals surface area contributed by atoms with E-state index < -0.39 is 0 Å². The lowest BCUT2D eigenvalue weighted by atomic mass is 9.64. The standard InChI is InChI=1S/C14H24O2/c1-10(2)11-6-7-12(15)14(9-11)8-4-5-13(14)16-3/h10-11,13H,4-9H2,1-3H3/t11-,13+,14+/m1/s1. The molecule has 2 nitrogen and oxygen atoms in total. The molecule has 0 aromatic carbocycles. The van der Waals surface area contributed by atoms with Crippen molar-refractivity contribution in [2.45, 2.75) is 58.5 Å². The van der Waals surface area contributed by atoms with Crippen molar-refractivity contribution in [2.75, 3.05) is 7.11 Å². The average molecular weight is 224 g/mol. The van der Waals surface area contributed by atoms with Gasteiger partial charge in [0.1, 0.15) is 5.78 Å². The molecule has 0 aliphatic heterocycles. The summed E-state index contributed by atoms with van der Waals surface area (Å²) in [5, 5.41) is 0. The van der Waals surface area contributed by atoms with Gasteiger partial charge in [0.05, 0.1) is 11.5 Å². The molecule has 2 heteroatoms. The predicted octanol–water partition coefficient (Wildman–Crippen LogP) is 3.20. The number of Topliss-reactive ketones (excluding diaryl/α,β-unsaturated/α-hetero) is 1. The molecular weight excluding hydrogens is 200 g/mol. The molecule has 0 amide bonds. The SMILES string of the molecule is CO[C@H]1CCC[C@@]12C[C@H](C(C)C)CCC2=O. The zero-order valence-electron chi connectivity index (χ0n) is 10.8. The number of hydrogen-bond donors (Lipinski definition) is 0. The van der Waals surface area contributed by atoms with Crippen molar-refractivity contribution in [2.24, 2.45) is 17.3 Å². The molecule has 3 atom stereocenters. The van der Waals surface area contributed by atoms with Crippen molar-refractivity contribution in [1.82, 2.24) is 0 Å². The molecule has 0 bridgehead atoms. The molecule has 2 fully saturated rings. The van der Waals surface area contributed by atoms with Crippen molar-refractivity contribution >= 4 is 5.78 Å². The van der Waals surface area contributed by atoms with E-state index in [0.29, 0.717) is 17.6 Å². The smallest absolute Gasteiger partial charge is 0.141 e. The van der Waals surface area contributed by atoms with E-state index in [4.69, 9.17) is 4.74 Å². The van der Waals surface area contributed by atoms with E-state index >= 15 is 0 Å². The zero-order valence-corrected chi connectivity index (χ0v) is 10.8. The third-order valence-electron chi connectivity index (χ3n) is 4.86. The van der Waals surface area contributed by atoms with Crippen LogP contribution < -0.4 is 0 Å². The molecule has 1 spiro atoms. The maximum absolute atomic E-state index is 12.3. The van der Waals surface area contributed by atoms with Crippen LogP contribution in [0.3, 0.4) is 0 Å². The van der Waals surface area contributed by atoms with Crippen molar-refractivity contribution < 1.29 is 9.53 Å². The van der Waals surface area contributed by atoms with Crippen LogP contribution in [0.2, 0.25) is 0 Å². The minimum atomic E-state index is -0.109. The first kappa shape index (κ1) is 12.1. The summed E-state index contributed by atoms with van der Waals surface area (Å²) in [5.74, 6) is 1.89. The fourth-order valence-corrected chi connectivity index (χ4v) is 3.75. The quantitative estimate of drug-likeness (QED) is 0.720. The first-order chi connectivity index (χ1) is 7.60. The maximum atomic E-state index is 12.3. The molecule has 2 aliphatic rings. The number of hydrogen-bond acceptors (Lipinski definition) is 2. The molecule has 0 heterocycles. The van der Waals surface area contributed by atoms with Gasteiger partial charge in [-0.15, -0.1) is 0 Å². The van der Waals surface area contributed by atoms with Gasteiger partial charge in [0.15, 0.2) is 0 Å². The molecule has 0 saturated heterocycles. The molecule has 2 aliphatic carbocycles. The van der Waals surface area contributed by atoms with Gasteiger partial charge in [0, 0.05) is 13.5 Å². The molecule has 16 heavy (non-hydrogen) atoms. The Labute approximate surface area is 98.7 Å². The summed E-state index contributed by atoms with van der Waals surface area (Å²) in [5.41, 5.74) is -0.109. The Balaban J connectivity index is 2.19. The zero-order chi connectivity index (χ0) is 11.8. The van der Waals surface area contributed by atoms with Gasteiger partial charge in [0.25, 0.3) is 0 Å². The first-order valence-corrected chi connectivity index (χ1v) is 6.66. The van der Waals surface area contributed by atoms with E-state index in [2.05, 4.69) is 13.8 Å². The van der Waals surface area contributed by atoms with E-state index in [0.717, 1.165) is 38.5 Å². The van der Waals surface area contributed by atoms with Gasteiger partial charge in [-0.1, -0.05) is 13.8 Å². The van der Waals surface area contributed by atoms with Crippen molar-refractivity contribution in [1.29, 1.82) is 0 Å². The summed E-state index contributed by atoms with van der Waals surface area (Å²) >= 11 is 0. The average Bonchev–Trinajstić information content (AvgIpc) is 2.66. The molecule has 2 rings (SSSR count). The number of ketones is 1. The minimum Gasteiger partial charge on any atom is -0.380 e. The highest BCUT2D eigenvalue weighted by molar-refractivity contribution is 5.86. The van der Waals surface area contributed by atoms with Gasteiger partial charge in [-0.3, -0.25) is 4.79 Å². The van der Waals surface area contributed by atoms with Crippen LogP contribution >= 0.6 is 0 Å². The number of methoxy groups -OCH3 is 1. The summed E-state index contributed by atoms with van der Waals surface area (Å²) < 4.78 is 5.58. The highest BCUT2D eigenvalue weighted by Gasteiger charge is 2.51. The molecule has 0 N–H and O–H groups in total. The van der Waals surface area contributed by atoms with Crippen LogP contribution in [-0.4, -0.2) is 19.0 Å². The van der Waals surface area contributed by atoms with Gasteiger partial charge in [-0.2, -0.15) is 0 Å². The first-order valence-electron chi connectivity index (χ1n) is 6.66. The molecule has 2 saturated carbocycles. The van der Waals surface area contributed by atoms with E-state index in [1.807, 2.05) is 0 Å². The highest BCUT2D eigenvalue weighted by Crippen LogP contribution is 2.51. The summed E-state index contributed by atoms with van der Waals surface area (Å²) in [4.78, 5) is 12.3. The second-order valence-electron chi connectivity index (χ2n) is 5.94. The maximum Gasteiger partial charge on any atom is 0.141 e. The number of carbonyl (C=O) groups is 1. The van der Waals surface area contributed by atoms with Crippen LogP contribution in [0, 0.1) is 17.3 Å². The predicted molar refractivity (Wildman–Crippen MR) is 64.3 cm³/mol. The van der Waals surface area contributed by atoms with E-state index in [1.54, 1.807) is 7.11 Å². The van der Waals surface area contributed by atoms with Gasteiger partial charge in [-0.05, 0) is 43.9 Å². The van der Waals surface area contributed by atoms with Crippen LogP contribution in [0.4, 0.5) is 0 Å². The summed E-state index contributed by atoms with van der Waals surface area (Å²) in [6.45, 7) is 4.57. The second kappa shape index (κ2) is 4.48. The third kappa shape index (κ3) is 1.81. The Morgan fingerprint density at radius 1 is 1.38 bits per heavy atom. The number of carbonyl (C=O) groups excluding carboxylic acids is 1. The molecule has 92 valence electrons. The Hall–Kier alpha value is -0.370. The monoisotopic (exact) mass is 224 g/mol. The van der Waals surface area contributed by atoms with Crippen molar-refractivity contribution in [3.8, 4) is 0 Å². The van der Waals surface area contributed by atoms with Crippen LogP contribution in [0.25, 0.3) is 0 Å². The Morgan fingerprint density at radius 2 is 2.12 bits per heavy atom. The lowest BCUT2D eigenvalue weighted by Gasteiger charge is -2.41. The minimum absolute atomic E-state index is 0.109. The molecule has 0 aromatic rings. The van der Waals surface area contributed by atoms with E-state index in [1.165, 1.54) is 0 Å². The number of rotatable bonds is 2. The fraction of sp³-hybridized carbons (Fsp3) is 0.929. The highest BCUT2D eigenvalue weighted by atomic mass is 16.5.